The third-order valence-corrected chi connectivity index (χ3v) is 6.30. The quantitative estimate of drug-likeness (QED) is 0.781. The van der Waals surface area contributed by atoms with Crippen LogP contribution in [0, 0.1) is 5.82 Å². The molecular formula is C17H24FN3O3S. The lowest BCUT2D eigenvalue weighted by Crippen LogP contribution is -2.70. The highest BCUT2D eigenvalue weighted by Gasteiger charge is 2.45. The molecule has 138 valence electrons. The summed E-state index contributed by atoms with van der Waals surface area (Å²) >= 11 is 0. The Morgan fingerprint density at radius 3 is 2.40 bits per heavy atom. The van der Waals surface area contributed by atoms with Crippen molar-refractivity contribution in [2.75, 3.05) is 39.0 Å². The second kappa shape index (κ2) is 6.34. The van der Waals surface area contributed by atoms with Gasteiger partial charge < -0.3 is 4.90 Å². The first kappa shape index (κ1) is 18.3. The van der Waals surface area contributed by atoms with Gasteiger partial charge in [0.2, 0.25) is 10.0 Å². The molecule has 0 unspecified atom stereocenters. The average molecular weight is 369 g/mol. The SMILES string of the molecule is CC1(C)CN(S(C)(=O)=O)C[C@@H]2CN(C(=O)c3ccc(F)cc3)CCN21. The molecule has 0 bridgehead atoms. The minimum atomic E-state index is -3.28. The lowest BCUT2D eigenvalue weighted by molar-refractivity contribution is -0.0372. The number of hydrogen-bond acceptors (Lipinski definition) is 4. The second-order valence-electron chi connectivity index (χ2n) is 7.47. The third kappa shape index (κ3) is 3.70. The lowest BCUT2D eigenvalue weighted by atomic mass is 9.94. The van der Waals surface area contributed by atoms with E-state index in [0.717, 1.165) is 0 Å². The largest absolute Gasteiger partial charge is 0.336 e. The molecule has 2 heterocycles. The van der Waals surface area contributed by atoms with E-state index in [0.29, 0.717) is 38.3 Å². The van der Waals surface area contributed by atoms with Crippen LogP contribution in [0.15, 0.2) is 24.3 Å². The Bertz CT molecular complexity index is 764. The van der Waals surface area contributed by atoms with Crippen LogP contribution in [0.1, 0.15) is 24.2 Å². The van der Waals surface area contributed by atoms with Gasteiger partial charge in [0.1, 0.15) is 5.82 Å². The molecule has 0 radical (unpaired) electrons. The number of fused-ring (bicyclic) bond motifs is 1. The third-order valence-electron chi connectivity index (χ3n) is 5.09. The average Bonchev–Trinajstić information content (AvgIpc) is 2.53. The number of carbonyl (C=O) groups is 1. The van der Waals surface area contributed by atoms with Crippen molar-refractivity contribution in [2.45, 2.75) is 25.4 Å². The normalized spacial score (nSPS) is 24.8. The van der Waals surface area contributed by atoms with Crippen LogP contribution in [0.2, 0.25) is 0 Å². The van der Waals surface area contributed by atoms with E-state index in [9.17, 15) is 17.6 Å². The Hall–Kier alpha value is -1.51. The fourth-order valence-corrected chi connectivity index (χ4v) is 4.84. The summed E-state index contributed by atoms with van der Waals surface area (Å²) in [7, 11) is -3.28. The lowest BCUT2D eigenvalue weighted by Gasteiger charge is -2.54. The molecule has 0 spiro atoms. The highest BCUT2D eigenvalue weighted by molar-refractivity contribution is 7.88. The van der Waals surface area contributed by atoms with E-state index in [1.165, 1.54) is 34.8 Å². The van der Waals surface area contributed by atoms with Gasteiger partial charge in [-0.05, 0) is 38.1 Å². The molecule has 1 aromatic rings. The molecular weight excluding hydrogens is 345 g/mol. The van der Waals surface area contributed by atoms with Crippen LogP contribution in [0.4, 0.5) is 4.39 Å². The first-order chi connectivity index (χ1) is 11.6. The van der Waals surface area contributed by atoms with Crippen molar-refractivity contribution < 1.29 is 17.6 Å². The highest BCUT2D eigenvalue weighted by Crippen LogP contribution is 2.29. The predicted molar refractivity (Wildman–Crippen MR) is 93.3 cm³/mol. The molecule has 25 heavy (non-hydrogen) atoms. The zero-order valence-electron chi connectivity index (χ0n) is 14.8. The number of hydrogen-bond donors (Lipinski definition) is 0. The monoisotopic (exact) mass is 369 g/mol. The molecule has 2 saturated heterocycles. The molecule has 0 saturated carbocycles. The Labute approximate surface area is 148 Å². The van der Waals surface area contributed by atoms with Crippen LogP contribution in [-0.2, 0) is 10.0 Å². The smallest absolute Gasteiger partial charge is 0.253 e. The van der Waals surface area contributed by atoms with Gasteiger partial charge >= 0.3 is 0 Å². The van der Waals surface area contributed by atoms with Gasteiger partial charge in [0.25, 0.3) is 5.91 Å². The van der Waals surface area contributed by atoms with Crippen LogP contribution in [0.25, 0.3) is 0 Å². The summed E-state index contributed by atoms with van der Waals surface area (Å²) in [6.45, 7) is 6.65. The standard InChI is InChI=1S/C17H24FN3O3S/c1-17(2)12-20(25(3,23)24)11-15-10-19(8-9-21(15)17)16(22)13-4-6-14(18)7-5-13/h4-7,15H,8-12H2,1-3H3/t15-/m0/s1. The van der Waals surface area contributed by atoms with Crippen molar-refractivity contribution in [2.24, 2.45) is 0 Å². The molecule has 2 aliphatic heterocycles. The van der Waals surface area contributed by atoms with Crippen LogP contribution in [0.3, 0.4) is 0 Å². The van der Waals surface area contributed by atoms with Crippen molar-refractivity contribution in [1.29, 1.82) is 0 Å². The van der Waals surface area contributed by atoms with Gasteiger partial charge in [-0.3, -0.25) is 9.69 Å². The number of nitrogens with zero attached hydrogens (tertiary/aromatic N) is 3. The maximum absolute atomic E-state index is 13.1. The van der Waals surface area contributed by atoms with Gasteiger partial charge in [0, 0.05) is 49.9 Å². The molecule has 0 N–H and O–H groups in total. The maximum atomic E-state index is 13.1. The summed E-state index contributed by atoms with van der Waals surface area (Å²) < 4.78 is 38.6. The minimum Gasteiger partial charge on any atom is -0.336 e. The molecule has 8 heteroatoms. The number of halogens is 1. The van der Waals surface area contributed by atoms with Gasteiger partial charge in [-0.25, -0.2) is 12.8 Å². The van der Waals surface area contributed by atoms with Crippen LogP contribution in [-0.4, -0.2) is 79.0 Å². The van der Waals surface area contributed by atoms with Gasteiger partial charge in [-0.2, -0.15) is 4.31 Å². The van der Waals surface area contributed by atoms with Crippen LogP contribution < -0.4 is 0 Å². The van der Waals surface area contributed by atoms with Crippen molar-refractivity contribution in [3.8, 4) is 0 Å². The molecule has 1 aromatic carbocycles. The number of rotatable bonds is 2. The number of carbonyl (C=O) groups excluding carboxylic acids is 1. The van der Waals surface area contributed by atoms with E-state index >= 15 is 0 Å². The zero-order chi connectivity index (χ0) is 18.4. The van der Waals surface area contributed by atoms with Crippen molar-refractivity contribution in [1.82, 2.24) is 14.1 Å². The van der Waals surface area contributed by atoms with Crippen LogP contribution in [0.5, 0.6) is 0 Å². The van der Waals surface area contributed by atoms with Gasteiger partial charge in [0.05, 0.1) is 6.26 Å². The van der Waals surface area contributed by atoms with Gasteiger partial charge in [0.15, 0.2) is 0 Å². The number of amides is 1. The summed E-state index contributed by atoms with van der Waals surface area (Å²) in [5.41, 5.74) is 0.168. The summed E-state index contributed by atoms with van der Waals surface area (Å²) in [6.07, 6.45) is 1.23. The molecule has 6 nitrogen and oxygen atoms in total. The van der Waals surface area contributed by atoms with Crippen molar-refractivity contribution >= 4 is 15.9 Å². The molecule has 2 aliphatic rings. The van der Waals surface area contributed by atoms with Gasteiger partial charge in [-0.1, -0.05) is 0 Å². The second-order valence-corrected chi connectivity index (χ2v) is 9.46. The van der Waals surface area contributed by atoms with E-state index in [4.69, 9.17) is 0 Å². The fourth-order valence-electron chi connectivity index (χ4n) is 3.84. The molecule has 2 fully saturated rings. The summed E-state index contributed by atoms with van der Waals surface area (Å²) in [6, 6.07) is 5.48. The molecule has 0 aliphatic carbocycles. The minimum absolute atomic E-state index is 0.0448. The Balaban J connectivity index is 1.78. The molecule has 0 aromatic heterocycles. The van der Waals surface area contributed by atoms with Crippen molar-refractivity contribution in [3.05, 3.63) is 35.6 Å². The number of sulfonamides is 1. The topological polar surface area (TPSA) is 60.9 Å². The molecule has 1 atom stereocenters. The fraction of sp³-hybridized carbons (Fsp3) is 0.588. The van der Waals surface area contributed by atoms with Gasteiger partial charge in [-0.15, -0.1) is 0 Å². The molecule has 3 rings (SSSR count). The maximum Gasteiger partial charge on any atom is 0.253 e. The van der Waals surface area contributed by atoms with E-state index in [-0.39, 0.29) is 23.3 Å². The first-order valence-corrected chi connectivity index (χ1v) is 10.2. The predicted octanol–water partition coefficient (Wildman–Crippen LogP) is 1.01. The Kier molecular flexibility index (Phi) is 4.63. The van der Waals surface area contributed by atoms with E-state index in [1.807, 2.05) is 13.8 Å². The summed E-state index contributed by atoms with van der Waals surface area (Å²) in [4.78, 5) is 16.7. The van der Waals surface area contributed by atoms with E-state index in [2.05, 4.69) is 4.90 Å². The molecule has 1 amide bonds. The first-order valence-electron chi connectivity index (χ1n) is 8.35. The highest BCUT2D eigenvalue weighted by atomic mass is 32.2. The van der Waals surface area contributed by atoms with E-state index < -0.39 is 10.0 Å². The summed E-state index contributed by atoms with van der Waals surface area (Å²) in [5, 5.41) is 0. The Morgan fingerprint density at radius 2 is 1.80 bits per heavy atom. The van der Waals surface area contributed by atoms with Crippen LogP contribution >= 0.6 is 0 Å². The zero-order valence-corrected chi connectivity index (χ0v) is 15.6. The number of benzene rings is 1. The summed E-state index contributed by atoms with van der Waals surface area (Å²) in [5.74, 6) is -0.520. The van der Waals surface area contributed by atoms with Crippen molar-refractivity contribution in [3.63, 3.8) is 0 Å². The van der Waals surface area contributed by atoms with E-state index in [1.54, 1.807) is 4.90 Å². The number of piperazine rings is 2. The Morgan fingerprint density at radius 1 is 1.16 bits per heavy atom.